The van der Waals surface area contributed by atoms with Crippen LogP contribution in [0.3, 0.4) is 0 Å². The Bertz CT molecular complexity index is 1550. The second-order valence-electron chi connectivity index (χ2n) is 11.1. The second-order valence-corrected chi connectivity index (χ2v) is 11.1. The Kier molecular flexibility index (Phi) is 9.60. The van der Waals surface area contributed by atoms with E-state index in [0.29, 0.717) is 54.4 Å². The fraction of sp³-hybridized carbons (Fsp3) is 0.333. The Morgan fingerprint density at radius 3 is 2.09 bits per heavy atom. The number of hydrogen-bond acceptors (Lipinski definition) is 3. The Hall–Kier alpha value is -4.39. The largest absolute Gasteiger partial charge is 0.497 e. The van der Waals surface area contributed by atoms with Gasteiger partial charge in [-0.05, 0) is 85.5 Å². The van der Waals surface area contributed by atoms with E-state index in [-0.39, 0.29) is 17.6 Å². The molecule has 6 nitrogen and oxygen atoms in total. The van der Waals surface area contributed by atoms with Gasteiger partial charge in [-0.15, -0.1) is 0 Å². The molecule has 0 saturated carbocycles. The quantitative estimate of drug-likeness (QED) is 0.184. The summed E-state index contributed by atoms with van der Waals surface area (Å²) >= 11 is 0. The van der Waals surface area contributed by atoms with E-state index in [1.807, 2.05) is 54.3 Å². The van der Waals surface area contributed by atoms with Gasteiger partial charge in [-0.1, -0.05) is 50.5 Å². The van der Waals surface area contributed by atoms with E-state index in [9.17, 15) is 9.59 Å². The minimum Gasteiger partial charge on any atom is -0.497 e. The second kappa shape index (κ2) is 13.7. The number of piperazine rings is 1. The van der Waals surface area contributed by atoms with Crippen LogP contribution in [0.25, 0.3) is 16.9 Å². The van der Waals surface area contributed by atoms with Crippen LogP contribution in [0.4, 0.5) is 4.39 Å². The maximum Gasteiger partial charge on any atom is 0.255 e. The zero-order valence-electron chi connectivity index (χ0n) is 25.3. The summed E-state index contributed by atoms with van der Waals surface area (Å²) < 4.78 is 22.1. The number of amides is 2. The van der Waals surface area contributed by atoms with Crippen molar-refractivity contribution in [3.8, 4) is 22.7 Å². The lowest BCUT2D eigenvalue weighted by molar-refractivity contribution is 0.0535. The van der Waals surface area contributed by atoms with Gasteiger partial charge in [-0.2, -0.15) is 0 Å². The molecule has 0 bridgehead atoms. The monoisotopic (exact) mass is 581 g/mol. The number of rotatable bonds is 10. The highest BCUT2D eigenvalue weighted by Gasteiger charge is 2.29. The van der Waals surface area contributed by atoms with Crippen molar-refractivity contribution in [2.45, 2.75) is 46.0 Å². The summed E-state index contributed by atoms with van der Waals surface area (Å²) in [5.41, 5.74) is 5.06. The molecule has 1 aliphatic rings. The lowest BCUT2D eigenvalue weighted by Gasteiger charge is -2.35. The number of para-hydroxylation sites is 1. The van der Waals surface area contributed by atoms with Crippen LogP contribution in [0.5, 0.6) is 5.75 Å². The van der Waals surface area contributed by atoms with Crippen molar-refractivity contribution < 1.29 is 18.7 Å². The summed E-state index contributed by atoms with van der Waals surface area (Å²) in [6.07, 6.45) is 5.91. The van der Waals surface area contributed by atoms with Crippen LogP contribution in [0.15, 0.2) is 78.9 Å². The van der Waals surface area contributed by atoms with Crippen molar-refractivity contribution in [3.05, 3.63) is 107 Å². The number of methoxy groups -OCH3 is 1. The fourth-order valence-electron chi connectivity index (χ4n) is 5.78. The van der Waals surface area contributed by atoms with Gasteiger partial charge in [-0.25, -0.2) is 4.39 Å². The average Bonchev–Trinajstić information content (AvgIpc) is 3.39. The third-order valence-corrected chi connectivity index (χ3v) is 8.33. The van der Waals surface area contributed by atoms with Gasteiger partial charge in [0.2, 0.25) is 0 Å². The van der Waals surface area contributed by atoms with Gasteiger partial charge in [0.15, 0.2) is 0 Å². The first-order valence-corrected chi connectivity index (χ1v) is 15.2. The Balaban J connectivity index is 1.31. The molecule has 5 rings (SSSR count). The van der Waals surface area contributed by atoms with Crippen LogP contribution in [-0.4, -0.2) is 59.5 Å². The molecule has 0 radical (unpaired) electrons. The molecule has 1 aromatic heterocycles. The molecule has 43 heavy (non-hydrogen) atoms. The molecule has 1 saturated heterocycles. The number of ether oxygens (including phenoxy) is 1. The molecule has 0 atom stereocenters. The molecule has 2 heterocycles. The van der Waals surface area contributed by atoms with Crippen molar-refractivity contribution in [2.75, 3.05) is 33.3 Å². The number of halogens is 1. The molecule has 0 N–H and O–H groups in total. The minimum atomic E-state index is -0.369. The number of unbranched alkanes of at least 4 members (excludes halogenated alkanes) is 3. The zero-order chi connectivity index (χ0) is 30.3. The van der Waals surface area contributed by atoms with Gasteiger partial charge >= 0.3 is 0 Å². The number of carbonyl (C=O) groups is 2. The minimum absolute atomic E-state index is 0.00619. The molecule has 7 heteroatoms. The zero-order valence-corrected chi connectivity index (χ0v) is 25.3. The number of benzene rings is 3. The van der Waals surface area contributed by atoms with Crippen molar-refractivity contribution in [2.24, 2.45) is 0 Å². The predicted molar refractivity (Wildman–Crippen MR) is 169 cm³/mol. The summed E-state index contributed by atoms with van der Waals surface area (Å²) in [6, 6.07) is 23.9. The van der Waals surface area contributed by atoms with Crippen LogP contribution < -0.4 is 4.74 Å². The SMILES string of the molecule is CCCCCCc1ccc(C(=O)N2CCN(C(=O)c3cc(-c4ccc(OC)cc4)n(-c4ccccc4F)c3C)CC2)cc1. The van der Waals surface area contributed by atoms with Gasteiger partial charge in [0, 0.05) is 37.4 Å². The number of hydrogen-bond donors (Lipinski definition) is 0. The van der Waals surface area contributed by atoms with Crippen LogP contribution in [0.2, 0.25) is 0 Å². The number of aromatic nitrogens is 1. The topological polar surface area (TPSA) is 54.8 Å². The van der Waals surface area contributed by atoms with Crippen molar-refractivity contribution >= 4 is 11.8 Å². The first kappa shape index (κ1) is 30.1. The number of aryl methyl sites for hydroxylation is 1. The predicted octanol–water partition coefficient (Wildman–Crippen LogP) is 7.32. The van der Waals surface area contributed by atoms with Crippen molar-refractivity contribution in [1.29, 1.82) is 0 Å². The summed E-state index contributed by atoms with van der Waals surface area (Å²) in [4.78, 5) is 30.7. The maximum absolute atomic E-state index is 15.0. The van der Waals surface area contributed by atoms with E-state index in [0.717, 1.165) is 17.7 Å². The third-order valence-electron chi connectivity index (χ3n) is 8.33. The lowest BCUT2D eigenvalue weighted by atomic mass is 10.0. The van der Waals surface area contributed by atoms with Gasteiger partial charge in [-0.3, -0.25) is 9.59 Å². The van der Waals surface area contributed by atoms with Crippen molar-refractivity contribution in [1.82, 2.24) is 14.4 Å². The standard InChI is InChI=1S/C36H40FN3O3/c1-4-5-6-7-10-27-13-15-29(16-14-27)35(41)38-21-23-39(24-22-38)36(42)31-25-34(28-17-19-30(43-3)20-18-28)40(26(31)2)33-12-9-8-11-32(33)37/h8-9,11-20,25H,4-7,10,21-24H2,1-3H3. The molecule has 0 aliphatic carbocycles. The fourth-order valence-corrected chi connectivity index (χ4v) is 5.78. The van der Waals surface area contributed by atoms with E-state index >= 15 is 4.39 Å². The normalized spacial score (nSPS) is 13.3. The Labute approximate surface area is 253 Å². The van der Waals surface area contributed by atoms with Gasteiger partial charge in [0.25, 0.3) is 11.8 Å². The number of nitrogens with zero attached hydrogens (tertiary/aromatic N) is 3. The molecule has 4 aromatic rings. The molecule has 1 aliphatic heterocycles. The first-order valence-electron chi connectivity index (χ1n) is 15.2. The highest BCUT2D eigenvalue weighted by Crippen LogP contribution is 2.32. The van der Waals surface area contributed by atoms with E-state index in [4.69, 9.17) is 4.74 Å². The van der Waals surface area contributed by atoms with Crippen LogP contribution >= 0.6 is 0 Å². The maximum atomic E-state index is 15.0. The van der Waals surface area contributed by atoms with E-state index in [2.05, 4.69) is 19.1 Å². The van der Waals surface area contributed by atoms with Gasteiger partial charge in [0.1, 0.15) is 11.6 Å². The highest BCUT2D eigenvalue weighted by molar-refractivity contribution is 5.98. The first-order chi connectivity index (χ1) is 20.9. The molecule has 3 aromatic carbocycles. The molecule has 0 unspecified atom stereocenters. The van der Waals surface area contributed by atoms with Crippen LogP contribution in [0.1, 0.15) is 64.6 Å². The summed E-state index contributed by atoms with van der Waals surface area (Å²) in [7, 11) is 1.61. The van der Waals surface area contributed by atoms with E-state index in [1.165, 1.54) is 37.3 Å². The van der Waals surface area contributed by atoms with Gasteiger partial charge in [0.05, 0.1) is 24.1 Å². The molecule has 2 amide bonds. The van der Waals surface area contributed by atoms with Crippen LogP contribution in [-0.2, 0) is 6.42 Å². The Morgan fingerprint density at radius 1 is 0.814 bits per heavy atom. The van der Waals surface area contributed by atoms with E-state index in [1.54, 1.807) is 34.8 Å². The summed E-state index contributed by atoms with van der Waals surface area (Å²) in [6.45, 7) is 5.84. The third kappa shape index (κ3) is 6.66. The number of carbonyl (C=O) groups excluding carboxylic acids is 2. The van der Waals surface area contributed by atoms with Crippen molar-refractivity contribution in [3.63, 3.8) is 0 Å². The lowest BCUT2D eigenvalue weighted by Crippen LogP contribution is -2.50. The Morgan fingerprint density at radius 2 is 1.47 bits per heavy atom. The molecular formula is C36H40FN3O3. The molecule has 0 spiro atoms. The summed E-state index contributed by atoms with van der Waals surface area (Å²) in [5.74, 6) is 0.216. The highest BCUT2D eigenvalue weighted by atomic mass is 19.1. The molecule has 1 fully saturated rings. The summed E-state index contributed by atoms with van der Waals surface area (Å²) in [5, 5.41) is 0. The average molecular weight is 582 g/mol. The molecule has 224 valence electrons. The van der Waals surface area contributed by atoms with Crippen LogP contribution in [0, 0.1) is 12.7 Å². The van der Waals surface area contributed by atoms with E-state index < -0.39 is 0 Å². The smallest absolute Gasteiger partial charge is 0.255 e. The van der Waals surface area contributed by atoms with Gasteiger partial charge < -0.3 is 19.1 Å². The molecular weight excluding hydrogens is 541 g/mol.